The van der Waals surface area contributed by atoms with Gasteiger partial charge in [0.05, 0.1) is 0 Å². The van der Waals surface area contributed by atoms with Crippen molar-refractivity contribution in [2.24, 2.45) is 0 Å². The average molecular weight is 244 g/mol. The second-order valence-electron chi connectivity index (χ2n) is 4.30. The Hall–Kier alpha value is -1.54. The van der Waals surface area contributed by atoms with Crippen molar-refractivity contribution in [1.82, 2.24) is 0 Å². The third-order valence-corrected chi connectivity index (χ3v) is 4.87. The largest absolute Gasteiger partial charge is 0.258 e. The van der Waals surface area contributed by atoms with E-state index >= 15 is 0 Å². The molecule has 17 heavy (non-hydrogen) atoms. The quantitative estimate of drug-likeness (QED) is 0.740. The summed E-state index contributed by atoms with van der Waals surface area (Å²) in [5.41, 5.74) is 2.32. The lowest BCUT2D eigenvalue weighted by atomic mass is 10.2. The first-order valence-electron chi connectivity index (χ1n) is 5.51. The summed E-state index contributed by atoms with van der Waals surface area (Å²) in [6.07, 6.45) is 0. The lowest BCUT2D eigenvalue weighted by Gasteiger charge is -2.10. The van der Waals surface area contributed by atoms with E-state index in [1.165, 1.54) is 0 Å². The minimum absolute atomic E-state index is 0.784. The van der Waals surface area contributed by atoms with Gasteiger partial charge in [-0.2, -0.15) is 0 Å². The van der Waals surface area contributed by atoms with Gasteiger partial charge in [0.1, 0.15) is 0 Å². The van der Waals surface area contributed by atoms with Gasteiger partial charge in [-0.3, -0.25) is 4.21 Å². The predicted molar refractivity (Wildman–Crippen MR) is 74.2 cm³/mol. The average Bonchev–Trinajstić information content (AvgIpc) is 2.30. The Balaban J connectivity index is 2.50. The monoisotopic (exact) mass is 244 g/mol. The molecule has 0 bridgehead atoms. The second kappa shape index (κ2) is 4.38. The molecule has 2 rings (SSSR count). The first kappa shape index (κ1) is 11.9. The Bertz CT molecular complexity index is 553. The van der Waals surface area contributed by atoms with Crippen LogP contribution in [0.1, 0.15) is 11.1 Å². The Morgan fingerprint density at radius 3 is 1.35 bits per heavy atom. The van der Waals surface area contributed by atoms with Crippen LogP contribution < -0.4 is 0 Å². The summed E-state index contributed by atoms with van der Waals surface area (Å²) in [7, 11) is -2.37. The standard InChI is InChI=1S/C15H16OS/c1-12-4-8-14(9-5-12)17(3,16)15-10-6-13(2)7-11-15/h4-11H,3H2,1-2H3. The van der Waals surface area contributed by atoms with Crippen LogP contribution >= 0.6 is 0 Å². The van der Waals surface area contributed by atoms with E-state index in [0.717, 1.165) is 20.9 Å². The van der Waals surface area contributed by atoms with Crippen molar-refractivity contribution >= 4 is 15.4 Å². The van der Waals surface area contributed by atoms with Gasteiger partial charge in [-0.1, -0.05) is 35.4 Å². The number of hydrogen-bond acceptors (Lipinski definition) is 1. The Morgan fingerprint density at radius 1 is 0.765 bits per heavy atom. The van der Waals surface area contributed by atoms with Crippen molar-refractivity contribution in [3.63, 3.8) is 0 Å². The van der Waals surface area contributed by atoms with E-state index in [4.69, 9.17) is 0 Å². The number of aryl methyl sites for hydroxylation is 2. The summed E-state index contributed by atoms with van der Waals surface area (Å²) < 4.78 is 12.7. The van der Waals surface area contributed by atoms with Gasteiger partial charge in [0.15, 0.2) is 0 Å². The summed E-state index contributed by atoms with van der Waals surface area (Å²) in [4.78, 5) is 1.57. The number of benzene rings is 2. The molecule has 1 nitrogen and oxygen atoms in total. The van der Waals surface area contributed by atoms with Gasteiger partial charge >= 0.3 is 0 Å². The molecule has 0 saturated heterocycles. The van der Waals surface area contributed by atoms with Gasteiger partial charge in [0, 0.05) is 19.3 Å². The smallest absolute Gasteiger partial charge is 0.0350 e. The fraction of sp³-hybridized carbons (Fsp3) is 0.133. The van der Waals surface area contributed by atoms with Crippen molar-refractivity contribution in [2.45, 2.75) is 23.6 Å². The molecule has 0 fully saturated rings. The van der Waals surface area contributed by atoms with Gasteiger partial charge in [-0.05, 0) is 44.0 Å². The summed E-state index contributed by atoms with van der Waals surface area (Å²) in [6, 6.07) is 15.4. The highest BCUT2D eigenvalue weighted by Crippen LogP contribution is 2.21. The molecule has 2 heteroatoms. The van der Waals surface area contributed by atoms with Crippen LogP contribution in [0.3, 0.4) is 0 Å². The lowest BCUT2D eigenvalue weighted by molar-refractivity contribution is 0.681. The first-order valence-corrected chi connectivity index (χ1v) is 7.23. The van der Waals surface area contributed by atoms with Crippen LogP contribution in [-0.4, -0.2) is 10.1 Å². The van der Waals surface area contributed by atoms with Gasteiger partial charge in [-0.25, -0.2) is 0 Å². The maximum atomic E-state index is 12.7. The van der Waals surface area contributed by atoms with E-state index in [1.54, 1.807) is 0 Å². The van der Waals surface area contributed by atoms with Gasteiger partial charge in [0.25, 0.3) is 0 Å². The van der Waals surface area contributed by atoms with Crippen LogP contribution in [0, 0.1) is 13.8 Å². The zero-order chi connectivity index (χ0) is 12.5. The zero-order valence-electron chi connectivity index (χ0n) is 10.1. The highest BCUT2D eigenvalue weighted by molar-refractivity contribution is 8.00. The van der Waals surface area contributed by atoms with E-state index < -0.39 is 9.52 Å². The number of hydrogen-bond donors (Lipinski definition) is 0. The van der Waals surface area contributed by atoms with E-state index in [2.05, 4.69) is 5.87 Å². The van der Waals surface area contributed by atoms with Crippen molar-refractivity contribution in [1.29, 1.82) is 0 Å². The van der Waals surface area contributed by atoms with E-state index in [1.807, 2.05) is 62.4 Å². The molecule has 0 aliphatic rings. The molecule has 0 saturated carbocycles. The number of rotatable bonds is 2. The van der Waals surface area contributed by atoms with Crippen molar-refractivity contribution < 1.29 is 4.21 Å². The molecule has 0 spiro atoms. The van der Waals surface area contributed by atoms with E-state index in [0.29, 0.717) is 0 Å². The summed E-state index contributed by atoms with van der Waals surface area (Å²) in [5, 5.41) is 0. The normalized spacial score (nSPS) is 11.4. The summed E-state index contributed by atoms with van der Waals surface area (Å²) in [5.74, 6) is 3.90. The molecule has 0 radical (unpaired) electrons. The molecule has 0 N–H and O–H groups in total. The molecular formula is C15H16OS. The van der Waals surface area contributed by atoms with Crippen LogP contribution in [0.5, 0.6) is 0 Å². The third-order valence-electron chi connectivity index (χ3n) is 2.80. The third kappa shape index (κ3) is 2.42. The van der Waals surface area contributed by atoms with Crippen LogP contribution in [-0.2, 0) is 9.52 Å². The fourth-order valence-electron chi connectivity index (χ4n) is 1.65. The molecule has 0 amide bonds. The maximum absolute atomic E-state index is 12.7. The highest BCUT2D eigenvalue weighted by Gasteiger charge is 2.10. The topological polar surface area (TPSA) is 17.1 Å². The summed E-state index contributed by atoms with van der Waals surface area (Å²) >= 11 is 0. The molecule has 0 aliphatic carbocycles. The van der Waals surface area contributed by atoms with Crippen LogP contribution in [0.15, 0.2) is 58.3 Å². The van der Waals surface area contributed by atoms with E-state index in [-0.39, 0.29) is 0 Å². The van der Waals surface area contributed by atoms with Crippen molar-refractivity contribution in [3.8, 4) is 0 Å². The molecule has 2 aromatic rings. The molecule has 0 heterocycles. The molecule has 88 valence electrons. The SMILES string of the molecule is C=S(=O)(c1ccc(C)cc1)c1ccc(C)cc1. The fourth-order valence-corrected chi connectivity index (χ4v) is 3.08. The first-order chi connectivity index (χ1) is 8.00. The molecule has 0 atom stereocenters. The van der Waals surface area contributed by atoms with Gasteiger partial charge < -0.3 is 0 Å². The Morgan fingerprint density at radius 2 is 1.06 bits per heavy atom. The molecule has 0 aromatic heterocycles. The zero-order valence-corrected chi connectivity index (χ0v) is 11.0. The molecular weight excluding hydrogens is 228 g/mol. The maximum Gasteiger partial charge on any atom is 0.0350 e. The highest BCUT2D eigenvalue weighted by atomic mass is 32.2. The predicted octanol–water partition coefficient (Wildman–Crippen LogP) is 3.44. The molecule has 2 aromatic carbocycles. The molecule has 0 aliphatic heterocycles. The minimum atomic E-state index is -2.37. The van der Waals surface area contributed by atoms with Crippen molar-refractivity contribution in [3.05, 3.63) is 59.7 Å². The van der Waals surface area contributed by atoms with Crippen LogP contribution in [0.25, 0.3) is 0 Å². The lowest BCUT2D eigenvalue weighted by Crippen LogP contribution is -2.01. The van der Waals surface area contributed by atoms with Gasteiger partial charge in [0.2, 0.25) is 0 Å². The second-order valence-corrected chi connectivity index (χ2v) is 6.59. The molecule has 0 unspecified atom stereocenters. The Labute approximate surface area is 103 Å². The summed E-state index contributed by atoms with van der Waals surface area (Å²) in [6.45, 7) is 4.03. The Kier molecular flexibility index (Phi) is 3.07. The van der Waals surface area contributed by atoms with Gasteiger partial charge in [-0.15, -0.1) is 0 Å². The van der Waals surface area contributed by atoms with Crippen LogP contribution in [0.4, 0.5) is 0 Å². The van der Waals surface area contributed by atoms with E-state index in [9.17, 15) is 4.21 Å². The minimum Gasteiger partial charge on any atom is -0.258 e. The van der Waals surface area contributed by atoms with Crippen LogP contribution in [0.2, 0.25) is 0 Å². The van der Waals surface area contributed by atoms with Crippen molar-refractivity contribution in [2.75, 3.05) is 0 Å².